The molecule has 2 aromatic carbocycles. The summed E-state index contributed by atoms with van der Waals surface area (Å²) in [6, 6.07) is 9.77. The zero-order valence-corrected chi connectivity index (χ0v) is 14.3. The van der Waals surface area contributed by atoms with Crippen LogP contribution in [0.4, 0.5) is 10.1 Å². The van der Waals surface area contributed by atoms with E-state index in [2.05, 4.69) is 37.2 Å². The van der Waals surface area contributed by atoms with E-state index >= 15 is 0 Å². The molecule has 0 unspecified atom stereocenters. The van der Waals surface area contributed by atoms with Crippen molar-refractivity contribution in [3.05, 3.63) is 62.3 Å². The van der Waals surface area contributed by atoms with Crippen molar-refractivity contribution >= 4 is 43.5 Å². The molecule has 0 aliphatic rings. The molecule has 21 heavy (non-hydrogen) atoms. The molecule has 1 N–H and O–H groups in total. The molecule has 0 spiro atoms. The molecule has 2 aromatic rings. The van der Waals surface area contributed by atoms with Crippen molar-refractivity contribution in [1.29, 1.82) is 0 Å². The van der Waals surface area contributed by atoms with Crippen LogP contribution in [0, 0.1) is 5.82 Å². The molecule has 3 nitrogen and oxygen atoms in total. The summed E-state index contributed by atoms with van der Waals surface area (Å²) >= 11 is 6.51. The summed E-state index contributed by atoms with van der Waals surface area (Å²) in [6.07, 6.45) is 0. The maximum Gasteiger partial charge on any atom is 0.256 e. The molecule has 0 bridgehead atoms. The highest BCUT2D eigenvalue weighted by atomic mass is 79.9. The van der Waals surface area contributed by atoms with Gasteiger partial charge in [-0.05, 0) is 40.2 Å². The number of carbonyl (C=O) groups is 1. The number of carbonyl (C=O) groups excluding carboxylic acids is 1. The van der Waals surface area contributed by atoms with Crippen LogP contribution in [0.2, 0.25) is 0 Å². The quantitative estimate of drug-likeness (QED) is 0.780. The lowest BCUT2D eigenvalue weighted by Gasteiger charge is -2.13. The molecule has 0 fully saturated rings. The normalized spacial score (nSPS) is 10.5. The number of ether oxygens (including phenoxy) is 1. The molecule has 0 atom stereocenters. The van der Waals surface area contributed by atoms with Crippen LogP contribution < -0.4 is 5.32 Å². The maximum absolute atomic E-state index is 13.5. The highest BCUT2D eigenvalue weighted by molar-refractivity contribution is 9.10. The first-order valence-electron chi connectivity index (χ1n) is 6.06. The van der Waals surface area contributed by atoms with E-state index in [0.29, 0.717) is 12.3 Å². The van der Waals surface area contributed by atoms with Crippen molar-refractivity contribution in [3.8, 4) is 0 Å². The van der Waals surface area contributed by atoms with Gasteiger partial charge in [0.2, 0.25) is 0 Å². The second-order valence-electron chi connectivity index (χ2n) is 4.25. The van der Waals surface area contributed by atoms with Crippen molar-refractivity contribution in [3.63, 3.8) is 0 Å². The zero-order valence-electron chi connectivity index (χ0n) is 11.1. The van der Waals surface area contributed by atoms with Crippen LogP contribution in [0.25, 0.3) is 0 Å². The van der Waals surface area contributed by atoms with Gasteiger partial charge in [-0.3, -0.25) is 4.79 Å². The first-order valence-corrected chi connectivity index (χ1v) is 7.65. The first-order chi connectivity index (χ1) is 10.0. The number of hydrogen-bond acceptors (Lipinski definition) is 2. The molecule has 2 rings (SSSR count). The number of anilines is 1. The van der Waals surface area contributed by atoms with E-state index in [0.717, 1.165) is 10.0 Å². The molecule has 0 saturated carbocycles. The molecular formula is C15H12Br2FNO2. The number of benzene rings is 2. The fraction of sp³-hybridized carbons (Fsp3) is 0.133. The Balaban J connectivity index is 2.32. The van der Waals surface area contributed by atoms with E-state index in [1.165, 1.54) is 12.1 Å². The van der Waals surface area contributed by atoms with E-state index in [1.54, 1.807) is 25.3 Å². The fourth-order valence-corrected chi connectivity index (χ4v) is 2.76. The average Bonchev–Trinajstić information content (AvgIpc) is 2.45. The lowest BCUT2D eigenvalue weighted by Crippen LogP contribution is -2.14. The Hall–Kier alpha value is -1.24. The molecule has 0 aliphatic heterocycles. The third-order valence-electron chi connectivity index (χ3n) is 2.85. The predicted octanol–water partition coefficient (Wildman–Crippen LogP) is 4.75. The van der Waals surface area contributed by atoms with Crippen LogP contribution in [-0.4, -0.2) is 13.0 Å². The number of hydrogen-bond donors (Lipinski definition) is 1. The van der Waals surface area contributed by atoms with Gasteiger partial charge in [-0.2, -0.15) is 0 Å². The highest BCUT2D eigenvalue weighted by Crippen LogP contribution is 2.27. The maximum atomic E-state index is 13.5. The van der Waals surface area contributed by atoms with E-state index in [-0.39, 0.29) is 10.0 Å². The van der Waals surface area contributed by atoms with Crippen LogP contribution in [0.15, 0.2) is 45.3 Å². The summed E-state index contributed by atoms with van der Waals surface area (Å²) in [4.78, 5) is 12.3. The third kappa shape index (κ3) is 3.70. The van der Waals surface area contributed by atoms with Crippen LogP contribution >= 0.6 is 31.9 Å². The third-order valence-corrected chi connectivity index (χ3v) is 4.40. The fourth-order valence-electron chi connectivity index (χ4n) is 1.84. The minimum absolute atomic E-state index is 0.144. The minimum Gasteiger partial charge on any atom is -0.380 e. The smallest absolute Gasteiger partial charge is 0.256 e. The molecule has 6 heteroatoms. The number of nitrogens with one attached hydrogen (secondary N) is 1. The number of amides is 1. The first kappa shape index (κ1) is 16.1. The van der Waals surface area contributed by atoms with E-state index in [9.17, 15) is 9.18 Å². The molecule has 0 radical (unpaired) electrons. The second kappa shape index (κ2) is 7.15. The SMILES string of the molecule is COCc1c(Br)cccc1NC(=O)c1cccc(F)c1Br. The predicted molar refractivity (Wildman–Crippen MR) is 86.9 cm³/mol. The van der Waals surface area contributed by atoms with Gasteiger partial charge in [0.25, 0.3) is 5.91 Å². The zero-order chi connectivity index (χ0) is 15.4. The summed E-state index contributed by atoms with van der Waals surface area (Å²) in [5.41, 5.74) is 1.67. The molecule has 110 valence electrons. The van der Waals surface area contributed by atoms with Gasteiger partial charge in [-0.1, -0.05) is 28.1 Å². The van der Waals surface area contributed by atoms with Gasteiger partial charge >= 0.3 is 0 Å². The number of rotatable bonds is 4. The van der Waals surface area contributed by atoms with Gasteiger partial charge in [0.15, 0.2) is 0 Å². The monoisotopic (exact) mass is 415 g/mol. The van der Waals surface area contributed by atoms with Gasteiger partial charge in [0.05, 0.1) is 16.6 Å². The minimum atomic E-state index is -0.478. The van der Waals surface area contributed by atoms with Gasteiger partial charge < -0.3 is 10.1 Å². The van der Waals surface area contributed by atoms with Crippen LogP contribution in [0.5, 0.6) is 0 Å². The van der Waals surface area contributed by atoms with Crippen molar-refractivity contribution in [2.75, 3.05) is 12.4 Å². The molecule has 0 heterocycles. The standard InChI is InChI=1S/C15H12Br2FNO2/c1-21-8-10-11(16)5-3-7-13(10)19-15(20)9-4-2-6-12(18)14(9)17/h2-7H,8H2,1H3,(H,19,20). The van der Waals surface area contributed by atoms with Gasteiger partial charge in [-0.15, -0.1) is 0 Å². The Labute approximate surface area is 138 Å². The number of methoxy groups -OCH3 is 1. The van der Waals surface area contributed by atoms with Crippen LogP contribution in [-0.2, 0) is 11.3 Å². The Bertz CT molecular complexity index is 677. The second-order valence-corrected chi connectivity index (χ2v) is 5.90. The Morgan fingerprint density at radius 1 is 1.24 bits per heavy atom. The van der Waals surface area contributed by atoms with Crippen molar-refractivity contribution < 1.29 is 13.9 Å². The summed E-state index contributed by atoms with van der Waals surface area (Å²) in [5, 5.41) is 2.77. The highest BCUT2D eigenvalue weighted by Gasteiger charge is 2.15. The Morgan fingerprint density at radius 3 is 2.67 bits per heavy atom. The molecule has 1 amide bonds. The van der Waals surface area contributed by atoms with Crippen molar-refractivity contribution in [2.45, 2.75) is 6.61 Å². The summed E-state index contributed by atoms with van der Waals surface area (Å²) in [7, 11) is 1.58. The Kier molecular flexibility index (Phi) is 5.50. The molecular weight excluding hydrogens is 405 g/mol. The Morgan fingerprint density at radius 2 is 1.95 bits per heavy atom. The molecule has 0 aliphatic carbocycles. The van der Waals surface area contributed by atoms with Gasteiger partial charge in [0.1, 0.15) is 5.82 Å². The lowest BCUT2D eigenvalue weighted by atomic mass is 10.1. The summed E-state index contributed by atoms with van der Waals surface area (Å²) in [6.45, 7) is 0.349. The van der Waals surface area contributed by atoms with Crippen molar-refractivity contribution in [1.82, 2.24) is 0 Å². The van der Waals surface area contributed by atoms with Gasteiger partial charge in [-0.25, -0.2) is 4.39 Å². The van der Waals surface area contributed by atoms with E-state index in [4.69, 9.17) is 4.74 Å². The van der Waals surface area contributed by atoms with Crippen LogP contribution in [0.1, 0.15) is 15.9 Å². The van der Waals surface area contributed by atoms with Gasteiger partial charge in [0, 0.05) is 22.8 Å². The largest absolute Gasteiger partial charge is 0.380 e. The summed E-state index contributed by atoms with van der Waals surface area (Å²) < 4.78 is 19.6. The van der Waals surface area contributed by atoms with Crippen molar-refractivity contribution in [2.24, 2.45) is 0 Å². The summed E-state index contributed by atoms with van der Waals surface area (Å²) in [5.74, 6) is -0.870. The van der Waals surface area contributed by atoms with E-state index in [1.807, 2.05) is 6.07 Å². The van der Waals surface area contributed by atoms with E-state index < -0.39 is 11.7 Å². The average molecular weight is 417 g/mol. The van der Waals surface area contributed by atoms with Crippen LogP contribution in [0.3, 0.4) is 0 Å². The topological polar surface area (TPSA) is 38.3 Å². The molecule has 0 saturated heterocycles. The lowest BCUT2D eigenvalue weighted by molar-refractivity contribution is 0.102. The number of halogens is 3. The molecule has 0 aromatic heterocycles.